The zero-order valence-corrected chi connectivity index (χ0v) is 18.1. The number of rotatable bonds is 18. The van der Waals surface area contributed by atoms with E-state index in [-0.39, 0.29) is 12.7 Å². The number of carbonyl (C=O) groups excluding carboxylic acids is 1. The van der Waals surface area contributed by atoms with Gasteiger partial charge in [-0.25, -0.2) is 0 Å². The van der Waals surface area contributed by atoms with Crippen LogP contribution in [0.3, 0.4) is 0 Å². The first kappa shape index (κ1) is 28.6. The monoisotopic (exact) mass is 389 g/mol. The van der Waals surface area contributed by atoms with Gasteiger partial charge in [0.15, 0.2) is 6.29 Å². The van der Waals surface area contributed by atoms with Crippen molar-refractivity contribution in [1.82, 2.24) is 0 Å². The smallest absolute Gasteiger partial charge is 0.307 e. The third kappa shape index (κ3) is 30.3. The van der Waals surface area contributed by atoms with Crippen molar-refractivity contribution in [2.24, 2.45) is 5.73 Å². The van der Waals surface area contributed by atoms with Crippen LogP contribution in [0.5, 0.6) is 0 Å². The first-order chi connectivity index (χ1) is 13.1. The lowest BCUT2D eigenvalue weighted by atomic mass is 10.0. The largest absolute Gasteiger partial charge is 0.450 e. The van der Waals surface area contributed by atoms with Crippen LogP contribution in [0.2, 0.25) is 0 Å². The molecule has 164 valence electrons. The molecule has 5 nitrogen and oxygen atoms in total. The van der Waals surface area contributed by atoms with E-state index in [1.54, 1.807) is 6.92 Å². The van der Waals surface area contributed by atoms with Crippen LogP contribution in [0.25, 0.3) is 0 Å². The second-order valence-corrected chi connectivity index (χ2v) is 7.27. The Bertz CT molecular complexity index is 285. The molecule has 0 aliphatic rings. The lowest BCUT2D eigenvalue weighted by Crippen LogP contribution is -2.11. The van der Waals surface area contributed by atoms with Crippen LogP contribution in [0.1, 0.15) is 123 Å². The van der Waals surface area contributed by atoms with E-state index in [0.29, 0.717) is 12.8 Å². The molecule has 0 bridgehead atoms. The molecule has 0 heterocycles. The van der Waals surface area contributed by atoms with E-state index in [0.717, 1.165) is 12.8 Å². The highest BCUT2D eigenvalue weighted by molar-refractivity contribution is 5.69. The molecule has 0 spiro atoms. The van der Waals surface area contributed by atoms with E-state index >= 15 is 0 Å². The second kappa shape index (κ2) is 25.4. The van der Waals surface area contributed by atoms with Gasteiger partial charge in [0.05, 0.1) is 0 Å². The minimum atomic E-state index is -1.12. The van der Waals surface area contributed by atoms with Crippen molar-refractivity contribution in [3.63, 3.8) is 0 Å². The highest BCUT2D eigenvalue weighted by Crippen LogP contribution is 2.13. The van der Waals surface area contributed by atoms with E-state index in [2.05, 4.69) is 6.92 Å². The summed E-state index contributed by atoms with van der Waals surface area (Å²) in [6.45, 7) is 3.98. The Hall–Kier alpha value is -0.650. The lowest BCUT2D eigenvalue weighted by molar-refractivity contribution is -0.143. The zero-order valence-electron chi connectivity index (χ0n) is 18.1. The van der Waals surface area contributed by atoms with Gasteiger partial charge < -0.3 is 14.9 Å². The maximum absolute atomic E-state index is 11.1. The molecule has 4 N–H and O–H groups in total. The van der Waals surface area contributed by atoms with Gasteiger partial charge in [-0.2, -0.15) is 0 Å². The molecule has 0 saturated carbocycles. The fourth-order valence-electron chi connectivity index (χ4n) is 2.81. The number of carbonyl (C=O) groups is 1. The van der Waals surface area contributed by atoms with Gasteiger partial charge >= 0.3 is 5.97 Å². The number of aliphatic hydroxyl groups excluding tert-OH is 1. The summed E-state index contributed by atoms with van der Waals surface area (Å²) in [5, 5.41) is 15.8. The van der Waals surface area contributed by atoms with Crippen LogP contribution in [0.4, 0.5) is 0 Å². The standard InChI is InChI=1S/C19H39NO2.C3H8O2/c1-2-3-4-5-6-7-8-9-10-11-12-13-14-15-16-17-19(21)22-18-20;1-2-3(4)5/h2-18,20H2,1H3;3-5H,2H2,1H3. The van der Waals surface area contributed by atoms with Gasteiger partial charge in [0, 0.05) is 6.42 Å². The molecule has 0 fully saturated rings. The first-order valence-corrected chi connectivity index (χ1v) is 11.3. The maximum Gasteiger partial charge on any atom is 0.307 e. The van der Waals surface area contributed by atoms with Gasteiger partial charge in [-0.15, -0.1) is 0 Å². The third-order valence-electron chi connectivity index (χ3n) is 4.59. The molecule has 0 saturated heterocycles. The Morgan fingerprint density at radius 3 is 1.37 bits per heavy atom. The number of ether oxygens (including phenoxy) is 1. The summed E-state index contributed by atoms with van der Waals surface area (Å²) in [5.41, 5.74) is 5.14. The summed E-state index contributed by atoms with van der Waals surface area (Å²) in [7, 11) is 0. The van der Waals surface area contributed by atoms with E-state index in [1.165, 1.54) is 83.5 Å². The Morgan fingerprint density at radius 1 is 0.741 bits per heavy atom. The van der Waals surface area contributed by atoms with Crippen molar-refractivity contribution in [2.75, 3.05) is 6.73 Å². The third-order valence-corrected chi connectivity index (χ3v) is 4.59. The average Bonchev–Trinajstić information content (AvgIpc) is 2.65. The molecular formula is C22H47NO4. The molecule has 0 unspecified atom stereocenters. The predicted octanol–water partition coefficient (Wildman–Crippen LogP) is 5.41. The molecule has 0 aromatic heterocycles. The molecule has 0 rings (SSSR count). The van der Waals surface area contributed by atoms with Crippen LogP contribution in [0, 0.1) is 0 Å². The van der Waals surface area contributed by atoms with E-state index in [4.69, 9.17) is 20.7 Å². The molecule has 0 aliphatic carbocycles. The van der Waals surface area contributed by atoms with Gasteiger partial charge in [-0.1, -0.05) is 104 Å². The zero-order chi connectivity index (χ0) is 20.6. The molecule has 0 atom stereocenters. The average molecular weight is 390 g/mol. The van der Waals surface area contributed by atoms with Gasteiger partial charge in [0.2, 0.25) is 0 Å². The lowest BCUT2D eigenvalue weighted by Gasteiger charge is -2.03. The fourth-order valence-corrected chi connectivity index (χ4v) is 2.81. The molecule has 0 radical (unpaired) electrons. The van der Waals surface area contributed by atoms with Gasteiger partial charge in [0.25, 0.3) is 0 Å². The minimum Gasteiger partial charge on any atom is -0.450 e. The van der Waals surface area contributed by atoms with E-state index in [9.17, 15) is 4.79 Å². The minimum absolute atomic E-state index is 0.0115. The van der Waals surface area contributed by atoms with Gasteiger partial charge in [-0.3, -0.25) is 10.5 Å². The van der Waals surface area contributed by atoms with Gasteiger partial charge in [0.1, 0.15) is 6.73 Å². The van der Waals surface area contributed by atoms with Gasteiger partial charge in [-0.05, 0) is 12.8 Å². The quantitative estimate of drug-likeness (QED) is 0.165. The van der Waals surface area contributed by atoms with Crippen molar-refractivity contribution >= 4 is 5.97 Å². The first-order valence-electron chi connectivity index (χ1n) is 11.3. The summed E-state index contributed by atoms with van der Waals surface area (Å²) in [6.07, 6.45) is 19.9. The highest BCUT2D eigenvalue weighted by atomic mass is 16.5. The number of hydrogen-bond acceptors (Lipinski definition) is 5. The number of aliphatic hydroxyl groups is 2. The van der Waals surface area contributed by atoms with Crippen molar-refractivity contribution in [3.05, 3.63) is 0 Å². The molecule has 0 aromatic carbocycles. The fraction of sp³-hybridized carbons (Fsp3) is 0.955. The number of unbranched alkanes of at least 4 members (excludes halogenated alkanes) is 14. The van der Waals surface area contributed by atoms with Crippen LogP contribution < -0.4 is 5.73 Å². The number of esters is 1. The summed E-state index contributed by atoms with van der Waals surface area (Å²) < 4.78 is 4.70. The Morgan fingerprint density at radius 2 is 1.07 bits per heavy atom. The van der Waals surface area contributed by atoms with Crippen LogP contribution in [-0.2, 0) is 9.53 Å². The summed E-state index contributed by atoms with van der Waals surface area (Å²) >= 11 is 0. The SMILES string of the molecule is CCC(O)O.CCCCCCCCCCCCCCCCCC(=O)OCN. The van der Waals surface area contributed by atoms with Crippen molar-refractivity contribution in [2.45, 2.75) is 129 Å². The Kier molecular flexibility index (Phi) is 26.8. The van der Waals surface area contributed by atoms with Crippen molar-refractivity contribution in [3.8, 4) is 0 Å². The molecule has 5 heteroatoms. The molecule has 0 aromatic rings. The summed E-state index contributed by atoms with van der Waals surface area (Å²) in [6, 6.07) is 0. The number of hydrogen-bond donors (Lipinski definition) is 3. The topological polar surface area (TPSA) is 92.8 Å². The number of nitrogens with two attached hydrogens (primary N) is 1. The maximum atomic E-state index is 11.1. The predicted molar refractivity (Wildman–Crippen MR) is 113 cm³/mol. The second-order valence-electron chi connectivity index (χ2n) is 7.27. The Labute approximate surface area is 168 Å². The molecule has 0 aliphatic heterocycles. The van der Waals surface area contributed by atoms with Crippen LogP contribution in [-0.4, -0.2) is 29.2 Å². The van der Waals surface area contributed by atoms with E-state index < -0.39 is 6.29 Å². The summed E-state index contributed by atoms with van der Waals surface area (Å²) in [5.74, 6) is -0.155. The van der Waals surface area contributed by atoms with Crippen molar-refractivity contribution < 1.29 is 19.7 Å². The highest BCUT2D eigenvalue weighted by Gasteiger charge is 2.00. The normalized spacial score (nSPS) is 10.6. The molecular weight excluding hydrogens is 342 g/mol. The summed E-state index contributed by atoms with van der Waals surface area (Å²) in [4.78, 5) is 11.1. The van der Waals surface area contributed by atoms with Crippen molar-refractivity contribution in [1.29, 1.82) is 0 Å². The molecule has 27 heavy (non-hydrogen) atoms. The van der Waals surface area contributed by atoms with Crippen LogP contribution >= 0.6 is 0 Å². The Balaban J connectivity index is 0. The van der Waals surface area contributed by atoms with E-state index in [1.807, 2.05) is 0 Å². The molecule has 0 amide bonds. The van der Waals surface area contributed by atoms with Crippen LogP contribution in [0.15, 0.2) is 0 Å².